The van der Waals surface area contributed by atoms with Crippen molar-refractivity contribution in [1.82, 2.24) is 0 Å². The molecule has 4 saturated carbocycles. The van der Waals surface area contributed by atoms with Gasteiger partial charge in [-0.05, 0) is 124 Å². The number of rotatable bonds is 6. The van der Waals surface area contributed by atoms with Crippen molar-refractivity contribution < 1.29 is 10.2 Å². The van der Waals surface area contributed by atoms with Crippen molar-refractivity contribution in [2.75, 3.05) is 0 Å². The van der Waals surface area contributed by atoms with E-state index in [1.54, 1.807) is 0 Å². The van der Waals surface area contributed by atoms with Gasteiger partial charge in [0, 0.05) is 0 Å². The third-order valence-corrected chi connectivity index (χ3v) is 11.5. The highest BCUT2D eigenvalue weighted by atomic mass is 16.3. The minimum atomic E-state index is -0.375. The summed E-state index contributed by atoms with van der Waals surface area (Å²) in [6, 6.07) is 0. The molecule has 10 atom stereocenters. The summed E-state index contributed by atoms with van der Waals surface area (Å²) in [7, 11) is 0. The van der Waals surface area contributed by atoms with Gasteiger partial charge < -0.3 is 10.2 Å². The fourth-order valence-corrected chi connectivity index (χ4v) is 9.56. The fraction of sp³-hybridized carbons (Fsp3) is 1.00. The second kappa shape index (κ2) is 8.36. The monoisotopic (exact) mass is 418 g/mol. The molecule has 4 aliphatic carbocycles. The molecule has 0 radical (unpaired) electrons. The van der Waals surface area contributed by atoms with Gasteiger partial charge in [0.15, 0.2) is 0 Å². The van der Waals surface area contributed by atoms with Crippen molar-refractivity contribution in [3.05, 3.63) is 0 Å². The van der Waals surface area contributed by atoms with Crippen LogP contribution in [0.2, 0.25) is 0 Å². The van der Waals surface area contributed by atoms with Gasteiger partial charge in [0.2, 0.25) is 0 Å². The van der Waals surface area contributed by atoms with Gasteiger partial charge in [-0.3, -0.25) is 0 Å². The molecule has 0 heterocycles. The van der Waals surface area contributed by atoms with Gasteiger partial charge in [-0.25, -0.2) is 0 Å². The summed E-state index contributed by atoms with van der Waals surface area (Å²) in [6.07, 6.45) is 16.1. The van der Waals surface area contributed by atoms with E-state index >= 15 is 0 Å². The van der Waals surface area contributed by atoms with Crippen LogP contribution in [0.25, 0.3) is 0 Å². The average Bonchev–Trinajstić information content (AvgIpc) is 3.05. The predicted octanol–water partition coefficient (Wildman–Crippen LogP) is 6.97. The molecule has 0 saturated heterocycles. The summed E-state index contributed by atoms with van der Waals surface area (Å²) >= 11 is 0. The van der Waals surface area contributed by atoms with E-state index in [1.807, 2.05) is 6.92 Å². The highest BCUT2D eigenvalue weighted by Crippen LogP contribution is 2.69. The van der Waals surface area contributed by atoms with Crippen LogP contribution < -0.4 is 0 Å². The van der Waals surface area contributed by atoms with Crippen LogP contribution in [0, 0.1) is 46.3 Å². The Morgan fingerprint density at radius 1 is 0.867 bits per heavy atom. The Kier molecular flexibility index (Phi) is 6.44. The van der Waals surface area contributed by atoms with Crippen molar-refractivity contribution in [3.8, 4) is 0 Å². The minimum Gasteiger partial charge on any atom is -0.393 e. The summed E-state index contributed by atoms with van der Waals surface area (Å²) in [4.78, 5) is 0. The van der Waals surface area contributed by atoms with Crippen LogP contribution in [0.3, 0.4) is 0 Å². The van der Waals surface area contributed by atoms with Crippen molar-refractivity contribution >= 4 is 0 Å². The molecule has 2 nitrogen and oxygen atoms in total. The van der Waals surface area contributed by atoms with Crippen LogP contribution in [-0.2, 0) is 0 Å². The van der Waals surface area contributed by atoms with E-state index in [9.17, 15) is 10.2 Å². The van der Waals surface area contributed by atoms with E-state index in [2.05, 4.69) is 27.7 Å². The molecule has 4 rings (SSSR count). The molecule has 2 heteroatoms. The maximum atomic E-state index is 11.0. The van der Waals surface area contributed by atoms with Crippen LogP contribution in [0.4, 0.5) is 0 Å². The number of hydrogen-bond donors (Lipinski definition) is 2. The molecule has 0 spiro atoms. The number of aliphatic hydroxyl groups excluding tert-OH is 1. The van der Waals surface area contributed by atoms with E-state index in [1.165, 1.54) is 57.8 Å². The molecule has 0 aromatic heterocycles. The Bertz CT molecular complexity index is 601. The molecule has 4 aliphatic rings. The average molecular weight is 419 g/mol. The Labute approximate surface area is 186 Å². The van der Waals surface area contributed by atoms with Gasteiger partial charge in [0.1, 0.15) is 0 Å². The van der Waals surface area contributed by atoms with Crippen LogP contribution in [0.1, 0.15) is 118 Å². The second-order valence-corrected chi connectivity index (χ2v) is 12.9. The molecule has 4 fully saturated rings. The first-order chi connectivity index (χ1) is 14.1. The molecule has 0 amide bonds. The van der Waals surface area contributed by atoms with Gasteiger partial charge in [0.25, 0.3) is 0 Å². The second-order valence-electron chi connectivity index (χ2n) is 12.9. The first-order valence-corrected chi connectivity index (χ1v) is 13.5. The topological polar surface area (TPSA) is 40.5 Å². The van der Waals surface area contributed by atoms with Gasteiger partial charge in [-0.2, -0.15) is 0 Å². The van der Waals surface area contributed by atoms with Gasteiger partial charge >= 0.3 is 0 Å². The first kappa shape index (κ1) is 23.1. The van der Waals surface area contributed by atoms with Crippen molar-refractivity contribution in [2.24, 2.45) is 46.3 Å². The maximum absolute atomic E-state index is 11.0. The Morgan fingerprint density at radius 2 is 1.60 bits per heavy atom. The first-order valence-electron chi connectivity index (χ1n) is 13.5. The molecule has 0 aliphatic heterocycles. The summed E-state index contributed by atoms with van der Waals surface area (Å²) in [5, 5.41) is 20.7. The molecule has 174 valence electrons. The highest BCUT2D eigenvalue weighted by molar-refractivity contribution is 5.10. The maximum Gasteiger partial charge on any atom is 0.0648 e. The Balaban J connectivity index is 1.46. The van der Waals surface area contributed by atoms with Crippen molar-refractivity contribution in [1.29, 1.82) is 0 Å². The van der Waals surface area contributed by atoms with Crippen LogP contribution in [0.15, 0.2) is 0 Å². The molecular weight excluding hydrogens is 368 g/mol. The summed E-state index contributed by atoms with van der Waals surface area (Å²) < 4.78 is 0. The molecule has 2 N–H and O–H groups in total. The molecule has 0 aromatic rings. The van der Waals surface area contributed by atoms with Crippen LogP contribution >= 0.6 is 0 Å². The lowest BCUT2D eigenvalue weighted by Crippen LogP contribution is -2.56. The Hall–Kier alpha value is -0.0800. The summed E-state index contributed by atoms with van der Waals surface area (Å²) in [5.41, 5.74) is 0.653. The normalized spacial score (nSPS) is 50.3. The molecule has 0 aromatic carbocycles. The largest absolute Gasteiger partial charge is 0.393 e. The highest BCUT2D eigenvalue weighted by Gasteiger charge is 2.61. The zero-order valence-electron chi connectivity index (χ0n) is 20.6. The minimum absolute atomic E-state index is 0.142. The molecule has 1 unspecified atom stereocenters. The molecular formula is C28H50O2. The molecule has 30 heavy (non-hydrogen) atoms. The number of fused-ring (bicyclic) bond motifs is 5. The van der Waals surface area contributed by atoms with E-state index in [4.69, 9.17) is 0 Å². The Morgan fingerprint density at radius 3 is 2.30 bits per heavy atom. The lowest BCUT2D eigenvalue weighted by molar-refractivity contribution is -0.152. The van der Waals surface area contributed by atoms with E-state index in [-0.39, 0.29) is 11.7 Å². The lowest BCUT2D eigenvalue weighted by Gasteiger charge is -2.62. The van der Waals surface area contributed by atoms with Crippen molar-refractivity contribution in [3.63, 3.8) is 0 Å². The van der Waals surface area contributed by atoms with Gasteiger partial charge in [0.05, 0.1) is 11.7 Å². The fourth-order valence-electron chi connectivity index (χ4n) is 9.56. The summed E-state index contributed by atoms with van der Waals surface area (Å²) in [6.45, 7) is 11.9. The van der Waals surface area contributed by atoms with Gasteiger partial charge in [-0.1, -0.05) is 40.5 Å². The van der Waals surface area contributed by atoms with E-state index in [0.29, 0.717) is 10.8 Å². The van der Waals surface area contributed by atoms with E-state index in [0.717, 1.165) is 61.2 Å². The number of hydrogen-bond acceptors (Lipinski definition) is 2. The SMILES string of the molecule is CC[C@]1(O)CC[C@@]2(C)[C@@H](CC[C@@H]3[C@@H]2CC[C@]2(C)[C@@H]([C@H](C)CCCC(C)O)CC[C@@H]32)C1. The zero-order chi connectivity index (χ0) is 21.7. The lowest BCUT2D eigenvalue weighted by atomic mass is 9.43. The predicted molar refractivity (Wildman–Crippen MR) is 125 cm³/mol. The van der Waals surface area contributed by atoms with Crippen LogP contribution in [0.5, 0.6) is 0 Å². The van der Waals surface area contributed by atoms with Crippen molar-refractivity contribution in [2.45, 2.75) is 130 Å². The number of aliphatic hydroxyl groups is 2. The smallest absolute Gasteiger partial charge is 0.0648 e. The third kappa shape index (κ3) is 3.81. The summed E-state index contributed by atoms with van der Waals surface area (Å²) in [5.74, 6) is 5.21. The van der Waals surface area contributed by atoms with E-state index < -0.39 is 0 Å². The molecule has 0 bridgehead atoms. The zero-order valence-corrected chi connectivity index (χ0v) is 20.6. The third-order valence-electron chi connectivity index (χ3n) is 11.5. The quantitative estimate of drug-likeness (QED) is 0.489. The standard InChI is InChI=1S/C28H50O2/c1-6-28(30)17-16-26(4)21(18-28)10-11-22-24-13-12-23(19(2)8-7-9-20(3)29)27(24,5)15-14-25(22)26/h19-25,29-30H,6-18H2,1-5H3/t19-,20?,21+,22+,23-,24+,25+,26+,27-,28+/m1/s1. The van der Waals surface area contributed by atoms with Crippen LogP contribution in [-0.4, -0.2) is 21.9 Å². The van der Waals surface area contributed by atoms with Gasteiger partial charge in [-0.15, -0.1) is 0 Å².